The number of para-hydroxylation sites is 1. The fourth-order valence-corrected chi connectivity index (χ4v) is 4.70. The van der Waals surface area contributed by atoms with Gasteiger partial charge < -0.3 is 4.57 Å². The van der Waals surface area contributed by atoms with Crippen LogP contribution in [0.4, 0.5) is 4.79 Å². The lowest BCUT2D eigenvalue weighted by atomic mass is 10.0. The van der Waals surface area contributed by atoms with Gasteiger partial charge in [-0.25, -0.2) is 0 Å². The predicted octanol–water partition coefficient (Wildman–Crippen LogP) is 5.57. The molecule has 0 spiro atoms. The van der Waals surface area contributed by atoms with Crippen molar-refractivity contribution in [2.24, 2.45) is 7.05 Å². The quantitative estimate of drug-likeness (QED) is 0.424. The molecular formula is C24H18N2O2S. The maximum Gasteiger partial charge on any atom is 0.293 e. The maximum absolute atomic E-state index is 13.0. The number of aromatic nitrogens is 1. The van der Waals surface area contributed by atoms with Crippen molar-refractivity contribution in [3.05, 3.63) is 89.0 Å². The molecule has 1 saturated heterocycles. The van der Waals surface area contributed by atoms with Gasteiger partial charge >= 0.3 is 0 Å². The number of carbonyl (C=O) groups excluding carboxylic acids is 2. The summed E-state index contributed by atoms with van der Waals surface area (Å²) in [5.41, 5.74) is 3.00. The number of carbonyl (C=O) groups is 2. The number of imide groups is 1. The molecule has 3 aromatic carbocycles. The van der Waals surface area contributed by atoms with Crippen molar-refractivity contribution in [1.82, 2.24) is 9.47 Å². The summed E-state index contributed by atoms with van der Waals surface area (Å²) in [6.45, 7) is 0.277. The minimum atomic E-state index is -0.235. The molecule has 0 unspecified atom stereocenters. The molecule has 1 aromatic heterocycles. The maximum atomic E-state index is 13.0. The third kappa shape index (κ3) is 3.04. The minimum Gasteiger partial charge on any atom is -0.350 e. The summed E-state index contributed by atoms with van der Waals surface area (Å²) in [4.78, 5) is 27.4. The summed E-state index contributed by atoms with van der Waals surface area (Å²) < 4.78 is 2.03. The summed E-state index contributed by atoms with van der Waals surface area (Å²) in [5.74, 6) is -0.235. The van der Waals surface area contributed by atoms with Gasteiger partial charge in [0.25, 0.3) is 11.1 Å². The minimum absolute atomic E-state index is 0.227. The molecule has 4 nitrogen and oxygen atoms in total. The standard InChI is InChI=1S/C24H18N2O2S/c1-25-14-18(20-11-4-5-12-21(20)25)13-22-23(27)26(24(28)29-22)15-17-9-6-8-16-7-2-3-10-19(16)17/h2-14H,15H2,1H3/b22-13+. The van der Waals surface area contributed by atoms with E-state index in [0.29, 0.717) is 4.91 Å². The average Bonchev–Trinajstić information content (AvgIpc) is 3.19. The van der Waals surface area contributed by atoms with Crippen LogP contribution in [0.2, 0.25) is 0 Å². The van der Waals surface area contributed by atoms with Gasteiger partial charge in [0.2, 0.25) is 0 Å². The van der Waals surface area contributed by atoms with Crippen molar-refractivity contribution in [3.63, 3.8) is 0 Å². The number of aryl methyl sites for hydroxylation is 1. The number of benzene rings is 3. The van der Waals surface area contributed by atoms with Crippen LogP contribution in [0.3, 0.4) is 0 Å². The number of nitrogens with zero attached hydrogens (tertiary/aromatic N) is 2. The second-order valence-electron chi connectivity index (χ2n) is 7.12. The zero-order valence-electron chi connectivity index (χ0n) is 15.8. The lowest BCUT2D eigenvalue weighted by Gasteiger charge is -2.14. The van der Waals surface area contributed by atoms with E-state index in [1.807, 2.05) is 90.6 Å². The molecule has 2 amide bonds. The Morgan fingerprint density at radius 3 is 2.48 bits per heavy atom. The Balaban J connectivity index is 1.49. The second-order valence-corrected chi connectivity index (χ2v) is 8.11. The van der Waals surface area contributed by atoms with Crippen molar-refractivity contribution < 1.29 is 9.59 Å². The van der Waals surface area contributed by atoms with E-state index in [1.54, 1.807) is 0 Å². The van der Waals surface area contributed by atoms with Crippen LogP contribution in [0.1, 0.15) is 11.1 Å². The third-order valence-electron chi connectivity index (χ3n) is 5.30. The van der Waals surface area contributed by atoms with Gasteiger partial charge in [0.15, 0.2) is 0 Å². The molecule has 5 rings (SSSR count). The van der Waals surface area contributed by atoms with Gasteiger partial charge in [-0.15, -0.1) is 0 Å². The number of thioether (sulfide) groups is 1. The Labute approximate surface area is 172 Å². The van der Waals surface area contributed by atoms with Crippen LogP contribution in [-0.2, 0) is 18.4 Å². The fraction of sp³-hybridized carbons (Fsp3) is 0.0833. The first kappa shape index (κ1) is 17.8. The Bertz CT molecular complexity index is 1310. The van der Waals surface area contributed by atoms with Gasteiger partial charge in [-0.3, -0.25) is 14.5 Å². The van der Waals surface area contributed by atoms with E-state index in [9.17, 15) is 9.59 Å². The number of hydrogen-bond donors (Lipinski definition) is 0. The second kappa shape index (κ2) is 6.94. The van der Waals surface area contributed by atoms with E-state index in [-0.39, 0.29) is 17.7 Å². The average molecular weight is 398 g/mol. The van der Waals surface area contributed by atoms with E-state index < -0.39 is 0 Å². The molecule has 29 heavy (non-hydrogen) atoms. The Kier molecular flexibility index (Phi) is 4.25. The molecular weight excluding hydrogens is 380 g/mol. The number of fused-ring (bicyclic) bond motifs is 2. The van der Waals surface area contributed by atoms with E-state index in [0.717, 1.165) is 44.6 Å². The van der Waals surface area contributed by atoms with Crippen LogP contribution in [0.15, 0.2) is 77.8 Å². The highest BCUT2D eigenvalue weighted by Gasteiger charge is 2.35. The monoisotopic (exact) mass is 398 g/mol. The largest absolute Gasteiger partial charge is 0.350 e. The molecule has 1 aliphatic rings. The van der Waals surface area contributed by atoms with E-state index in [4.69, 9.17) is 0 Å². The summed E-state index contributed by atoms with van der Waals surface area (Å²) in [5, 5.41) is 3.00. The summed E-state index contributed by atoms with van der Waals surface area (Å²) in [6.07, 6.45) is 3.82. The number of hydrogen-bond acceptors (Lipinski definition) is 3. The normalized spacial score (nSPS) is 15.9. The first-order valence-corrected chi connectivity index (χ1v) is 10.2. The van der Waals surface area contributed by atoms with E-state index >= 15 is 0 Å². The Hall–Kier alpha value is -3.31. The number of rotatable bonds is 3. The Morgan fingerprint density at radius 1 is 0.897 bits per heavy atom. The molecule has 0 atom stereocenters. The number of amides is 2. The highest BCUT2D eigenvalue weighted by Crippen LogP contribution is 2.35. The van der Waals surface area contributed by atoms with Crippen LogP contribution in [0, 0.1) is 0 Å². The predicted molar refractivity (Wildman–Crippen MR) is 118 cm³/mol. The van der Waals surface area contributed by atoms with Gasteiger partial charge in [0, 0.05) is 29.7 Å². The van der Waals surface area contributed by atoms with Gasteiger partial charge in [-0.2, -0.15) is 0 Å². The van der Waals surface area contributed by atoms with Crippen molar-refractivity contribution in [2.45, 2.75) is 6.54 Å². The molecule has 0 radical (unpaired) electrons. The van der Waals surface area contributed by atoms with Crippen LogP contribution in [-0.4, -0.2) is 20.6 Å². The molecule has 0 saturated carbocycles. The molecule has 5 heteroatoms. The smallest absolute Gasteiger partial charge is 0.293 e. The molecule has 0 bridgehead atoms. The zero-order valence-corrected chi connectivity index (χ0v) is 16.6. The molecule has 4 aromatic rings. The SMILES string of the molecule is Cn1cc(/C=C2/SC(=O)N(Cc3cccc4ccccc34)C2=O)c2ccccc21. The lowest BCUT2D eigenvalue weighted by Crippen LogP contribution is -2.27. The van der Waals surface area contributed by atoms with Crippen LogP contribution in [0.5, 0.6) is 0 Å². The first-order valence-electron chi connectivity index (χ1n) is 9.38. The van der Waals surface area contributed by atoms with Gasteiger partial charge in [-0.05, 0) is 40.2 Å². The van der Waals surface area contributed by atoms with E-state index in [2.05, 4.69) is 0 Å². The summed E-state index contributed by atoms with van der Waals surface area (Å²) in [7, 11) is 1.98. The highest BCUT2D eigenvalue weighted by molar-refractivity contribution is 8.18. The first-order chi connectivity index (χ1) is 14.1. The van der Waals surface area contributed by atoms with Crippen LogP contribution in [0.25, 0.3) is 27.8 Å². The van der Waals surface area contributed by atoms with Crippen molar-refractivity contribution in [1.29, 1.82) is 0 Å². The lowest BCUT2D eigenvalue weighted by molar-refractivity contribution is -0.123. The molecule has 142 valence electrons. The van der Waals surface area contributed by atoms with Crippen molar-refractivity contribution in [3.8, 4) is 0 Å². The third-order valence-corrected chi connectivity index (χ3v) is 6.20. The molecule has 0 aliphatic carbocycles. The zero-order chi connectivity index (χ0) is 20.0. The topological polar surface area (TPSA) is 42.3 Å². The van der Waals surface area contributed by atoms with Crippen molar-refractivity contribution in [2.75, 3.05) is 0 Å². The van der Waals surface area contributed by atoms with Crippen LogP contribution < -0.4 is 0 Å². The Morgan fingerprint density at radius 2 is 1.62 bits per heavy atom. The van der Waals surface area contributed by atoms with Gasteiger partial charge in [0.05, 0.1) is 11.4 Å². The molecule has 1 fully saturated rings. The van der Waals surface area contributed by atoms with E-state index in [1.165, 1.54) is 4.90 Å². The van der Waals surface area contributed by atoms with Crippen molar-refractivity contribution >= 4 is 50.7 Å². The molecule has 1 aliphatic heterocycles. The van der Waals surface area contributed by atoms with Crippen LogP contribution >= 0.6 is 11.8 Å². The molecule has 0 N–H and O–H groups in total. The molecule has 2 heterocycles. The summed E-state index contributed by atoms with van der Waals surface area (Å²) >= 11 is 1.01. The summed E-state index contributed by atoms with van der Waals surface area (Å²) in [6, 6.07) is 22.0. The van der Waals surface area contributed by atoms with Gasteiger partial charge in [-0.1, -0.05) is 60.7 Å². The highest BCUT2D eigenvalue weighted by atomic mass is 32.2. The fourth-order valence-electron chi connectivity index (χ4n) is 3.87. The van der Waals surface area contributed by atoms with Gasteiger partial charge in [0.1, 0.15) is 0 Å².